The Morgan fingerprint density at radius 3 is 2.65 bits per heavy atom. The van der Waals surface area contributed by atoms with Crippen molar-refractivity contribution < 1.29 is 17.6 Å². The van der Waals surface area contributed by atoms with Crippen molar-refractivity contribution >= 4 is 15.9 Å². The number of amides is 1. The van der Waals surface area contributed by atoms with E-state index in [9.17, 15) is 17.6 Å². The van der Waals surface area contributed by atoms with Crippen LogP contribution in [-0.2, 0) is 21.2 Å². The second-order valence-corrected chi connectivity index (χ2v) is 7.79. The average Bonchev–Trinajstić information content (AvgIpc) is 3.01. The Bertz CT molecular complexity index is 642. The fourth-order valence-electron chi connectivity index (χ4n) is 2.99. The molecule has 1 fully saturated rings. The lowest BCUT2D eigenvalue weighted by Gasteiger charge is -2.29. The maximum atomic E-state index is 13.3. The summed E-state index contributed by atoms with van der Waals surface area (Å²) in [6.07, 6.45) is 4.41. The summed E-state index contributed by atoms with van der Waals surface area (Å²) in [5.41, 5.74) is 0.803. The fraction of sp³-hybridized carbons (Fsp3) is 0.562. The zero-order valence-electron chi connectivity index (χ0n) is 13.3. The van der Waals surface area contributed by atoms with Crippen molar-refractivity contribution in [3.63, 3.8) is 0 Å². The summed E-state index contributed by atoms with van der Waals surface area (Å²) in [7, 11) is -2.28. The van der Waals surface area contributed by atoms with Crippen LogP contribution in [0.2, 0.25) is 0 Å². The first-order chi connectivity index (χ1) is 10.9. The van der Waals surface area contributed by atoms with E-state index in [1.807, 2.05) is 6.07 Å². The van der Waals surface area contributed by atoms with Crippen molar-refractivity contribution in [3.8, 4) is 0 Å². The Balaban J connectivity index is 2.06. The zero-order valence-corrected chi connectivity index (χ0v) is 14.1. The topological polar surface area (TPSA) is 66.5 Å². The SMILES string of the molecule is CNS(=O)(=O)CC(=O)N(CCc1cccc(F)c1)C1CCCC1. The van der Waals surface area contributed by atoms with Gasteiger partial charge in [0.2, 0.25) is 15.9 Å². The van der Waals surface area contributed by atoms with Gasteiger partial charge in [0.25, 0.3) is 0 Å². The van der Waals surface area contributed by atoms with Crippen LogP contribution < -0.4 is 4.72 Å². The number of nitrogens with zero attached hydrogens (tertiary/aromatic N) is 1. The van der Waals surface area contributed by atoms with Gasteiger partial charge in [0.05, 0.1) is 0 Å². The summed E-state index contributed by atoms with van der Waals surface area (Å²) in [6.45, 7) is 0.409. The van der Waals surface area contributed by atoms with Crippen LogP contribution in [0.5, 0.6) is 0 Å². The second-order valence-electron chi connectivity index (χ2n) is 5.87. The molecule has 1 aliphatic rings. The Labute approximate surface area is 136 Å². The van der Waals surface area contributed by atoms with Crippen LogP contribution >= 0.6 is 0 Å². The highest BCUT2D eigenvalue weighted by molar-refractivity contribution is 7.90. The van der Waals surface area contributed by atoms with Gasteiger partial charge in [-0.25, -0.2) is 17.5 Å². The molecule has 0 spiro atoms. The van der Waals surface area contributed by atoms with Crippen LogP contribution in [0.25, 0.3) is 0 Å². The molecule has 1 amide bonds. The first-order valence-corrected chi connectivity index (χ1v) is 9.51. The predicted molar refractivity (Wildman–Crippen MR) is 86.9 cm³/mol. The molecule has 128 valence electrons. The normalized spacial score (nSPS) is 15.7. The molecule has 0 bridgehead atoms. The van der Waals surface area contributed by atoms with E-state index >= 15 is 0 Å². The summed E-state index contributed by atoms with van der Waals surface area (Å²) in [4.78, 5) is 14.1. The minimum atomic E-state index is -3.58. The van der Waals surface area contributed by atoms with Crippen LogP contribution in [0.1, 0.15) is 31.2 Å². The highest BCUT2D eigenvalue weighted by Crippen LogP contribution is 2.24. The van der Waals surface area contributed by atoms with Gasteiger partial charge in [-0.1, -0.05) is 25.0 Å². The number of carbonyl (C=O) groups is 1. The summed E-state index contributed by atoms with van der Waals surface area (Å²) in [5.74, 6) is -1.23. The van der Waals surface area contributed by atoms with Crippen molar-refractivity contribution in [2.45, 2.75) is 38.1 Å². The largest absolute Gasteiger partial charge is 0.338 e. The average molecular weight is 342 g/mol. The number of hydrogen-bond donors (Lipinski definition) is 1. The maximum absolute atomic E-state index is 13.3. The highest BCUT2D eigenvalue weighted by atomic mass is 32.2. The fourth-order valence-corrected chi connectivity index (χ4v) is 3.62. The van der Waals surface area contributed by atoms with Crippen molar-refractivity contribution in [2.75, 3.05) is 19.3 Å². The molecule has 0 aliphatic heterocycles. The Kier molecular flexibility index (Phi) is 6.12. The molecule has 23 heavy (non-hydrogen) atoms. The van der Waals surface area contributed by atoms with E-state index in [1.54, 1.807) is 11.0 Å². The van der Waals surface area contributed by atoms with Crippen molar-refractivity contribution in [1.82, 2.24) is 9.62 Å². The molecular formula is C16H23FN2O3S. The van der Waals surface area contributed by atoms with Crippen LogP contribution in [0.15, 0.2) is 24.3 Å². The lowest BCUT2D eigenvalue weighted by atomic mass is 10.1. The van der Waals surface area contributed by atoms with Crippen molar-refractivity contribution in [1.29, 1.82) is 0 Å². The lowest BCUT2D eigenvalue weighted by molar-refractivity contribution is -0.130. The third-order valence-electron chi connectivity index (χ3n) is 4.24. The Morgan fingerprint density at radius 1 is 1.35 bits per heavy atom. The quantitative estimate of drug-likeness (QED) is 0.820. The summed E-state index contributed by atoms with van der Waals surface area (Å²) >= 11 is 0. The van der Waals surface area contributed by atoms with E-state index in [0.29, 0.717) is 13.0 Å². The van der Waals surface area contributed by atoms with Gasteiger partial charge >= 0.3 is 0 Å². The molecule has 0 heterocycles. The summed E-state index contributed by atoms with van der Waals surface area (Å²) in [5, 5.41) is 0. The van der Waals surface area contributed by atoms with Crippen LogP contribution in [0.3, 0.4) is 0 Å². The molecule has 1 aliphatic carbocycles. The van der Waals surface area contributed by atoms with Gasteiger partial charge in [-0.15, -0.1) is 0 Å². The minimum Gasteiger partial charge on any atom is -0.338 e. The third kappa shape index (κ3) is 5.28. The maximum Gasteiger partial charge on any atom is 0.239 e. The lowest BCUT2D eigenvalue weighted by Crippen LogP contribution is -2.44. The summed E-state index contributed by atoms with van der Waals surface area (Å²) < 4.78 is 38.7. The van der Waals surface area contributed by atoms with E-state index in [1.165, 1.54) is 19.2 Å². The molecule has 1 aromatic carbocycles. The minimum absolute atomic E-state index is 0.0862. The van der Waals surface area contributed by atoms with E-state index in [0.717, 1.165) is 31.2 Å². The molecule has 0 aromatic heterocycles. The van der Waals surface area contributed by atoms with Gasteiger partial charge in [0.15, 0.2) is 0 Å². The molecule has 1 saturated carbocycles. The van der Waals surface area contributed by atoms with Crippen LogP contribution in [-0.4, -0.2) is 44.6 Å². The summed E-state index contributed by atoms with van der Waals surface area (Å²) in [6, 6.07) is 6.36. The number of nitrogens with one attached hydrogen (secondary N) is 1. The number of carbonyl (C=O) groups excluding carboxylic acids is 1. The predicted octanol–water partition coefficient (Wildman–Crippen LogP) is 1.69. The number of benzene rings is 1. The van der Waals surface area contributed by atoms with Crippen molar-refractivity contribution in [2.24, 2.45) is 0 Å². The van der Waals surface area contributed by atoms with Crippen molar-refractivity contribution in [3.05, 3.63) is 35.6 Å². The van der Waals surface area contributed by atoms with Gasteiger partial charge in [-0.05, 0) is 44.0 Å². The van der Waals surface area contributed by atoms with E-state index in [4.69, 9.17) is 0 Å². The smallest absolute Gasteiger partial charge is 0.239 e. The molecule has 0 saturated heterocycles. The first kappa shape index (κ1) is 17.9. The number of halogens is 1. The number of rotatable bonds is 7. The number of sulfonamides is 1. The molecule has 0 atom stereocenters. The molecule has 2 rings (SSSR count). The van der Waals surface area contributed by atoms with Gasteiger partial charge in [0.1, 0.15) is 11.6 Å². The standard InChI is InChI=1S/C16H23FN2O3S/c1-18-23(21,22)12-16(20)19(15-7-2-3-8-15)10-9-13-5-4-6-14(17)11-13/h4-6,11,15,18H,2-3,7-10,12H2,1H3. The van der Waals surface area contributed by atoms with E-state index in [2.05, 4.69) is 4.72 Å². The molecule has 5 nitrogen and oxygen atoms in total. The van der Waals surface area contributed by atoms with Crippen LogP contribution in [0, 0.1) is 5.82 Å². The van der Waals surface area contributed by atoms with Gasteiger partial charge in [-0.2, -0.15) is 0 Å². The monoisotopic (exact) mass is 342 g/mol. The zero-order chi connectivity index (χ0) is 16.9. The molecule has 0 radical (unpaired) electrons. The van der Waals surface area contributed by atoms with Gasteiger partial charge < -0.3 is 4.90 Å². The molecular weight excluding hydrogens is 319 g/mol. The van der Waals surface area contributed by atoms with E-state index < -0.39 is 15.8 Å². The highest BCUT2D eigenvalue weighted by Gasteiger charge is 2.28. The van der Waals surface area contributed by atoms with Gasteiger partial charge in [-0.3, -0.25) is 4.79 Å². The Morgan fingerprint density at radius 2 is 2.04 bits per heavy atom. The molecule has 7 heteroatoms. The Hall–Kier alpha value is -1.47. The first-order valence-electron chi connectivity index (χ1n) is 7.86. The van der Waals surface area contributed by atoms with E-state index in [-0.39, 0.29) is 17.8 Å². The number of hydrogen-bond acceptors (Lipinski definition) is 3. The third-order valence-corrected chi connectivity index (χ3v) is 5.49. The second kappa shape index (κ2) is 7.88. The van der Waals surface area contributed by atoms with Gasteiger partial charge in [0, 0.05) is 12.6 Å². The molecule has 1 N–H and O–H groups in total. The molecule has 0 unspecified atom stereocenters. The molecule has 1 aromatic rings. The van der Waals surface area contributed by atoms with Crippen LogP contribution in [0.4, 0.5) is 4.39 Å².